The molecule has 1 saturated carbocycles. The minimum absolute atomic E-state index is 0.373. The maximum Gasteiger partial charge on any atom is 0.326 e. The summed E-state index contributed by atoms with van der Waals surface area (Å²) in [5, 5.41) is 17.0. The van der Waals surface area contributed by atoms with E-state index in [0.29, 0.717) is 32.2 Å². The van der Waals surface area contributed by atoms with Crippen molar-refractivity contribution in [3.05, 3.63) is 0 Å². The summed E-state index contributed by atoms with van der Waals surface area (Å²) in [6, 6.07) is -1.30. The molecule has 1 fully saturated rings. The second-order valence-corrected chi connectivity index (χ2v) is 5.43. The first-order chi connectivity index (χ1) is 9.95. The second-order valence-electron chi connectivity index (χ2n) is 5.43. The molecule has 7 nitrogen and oxygen atoms in total. The average molecular weight is 299 g/mol. The molecule has 0 radical (unpaired) electrons. The van der Waals surface area contributed by atoms with E-state index in [-0.39, 0.29) is 0 Å². The summed E-state index contributed by atoms with van der Waals surface area (Å²) in [6.07, 6.45) is 3.78. The number of hydrogen-bond donors (Lipinski definition) is 4. The average Bonchev–Trinajstić information content (AvgIpc) is 2.88. The normalized spacial score (nSPS) is 17.8. The van der Waals surface area contributed by atoms with Crippen LogP contribution in [0.3, 0.4) is 0 Å². The van der Waals surface area contributed by atoms with Gasteiger partial charge in [0, 0.05) is 6.54 Å². The number of urea groups is 1. The lowest BCUT2D eigenvalue weighted by Gasteiger charge is -2.30. The van der Waals surface area contributed by atoms with E-state index in [1.54, 1.807) is 6.92 Å². The molecule has 1 unspecified atom stereocenters. The van der Waals surface area contributed by atoms with E-state index < -0.39 is 29.5 Å². The molecule has 0 aromatic carbocycles. The van der Waals surface area contributed by atoms with Crippen LogP contribution in [-0.4, -0.2) is 41.1 Å². The molecule has 1 aliphatic rings. The zero-order chi connectivity index (χ0) is 15.9. The lowest BCUT2D eigenvalue weighted by atomic mass is 9.95. The molecule has 0 heterocycles. The van der Waals surface area contributed by atoms with Gasteiger partial charge in [-0.2, -0.15) is 0 Å². The fourth-order valence-electron chi connectivity index (χ4n) is 2.65. The highest BCUT2D eigenvalue weighted by Crippen LogP contribution is 2.30. The first-order valence-electron chi connectivity index (χ1n) is 7.55. The van der Waals surface area contributed by atoms with Crippen LogP contribution in [0.5, 0.6) is 0 Å². The van der Waals surface area contributed by atoms with Crippen molar-refractivity contribution in [3.63, 3.8) is 0 Å². The van der Waals surface area contributed by atoms with Gasteiger partial charge in [0.15, 0.2) is 0 Å². The molecule has 1 atom stereocenters. The Morgan fingerprint density at radius 2 is 1.81 bits per heavy atom. The van der Waals surface area contributed by atoms with Gasteiger partial charge in [-0.05, 0) is 26.2 Å². The number of rotatable bonds is 7. The number of carboxylic acids is 1. The summed E-state index contributed by atoms with van der Waals surface area (Å²) in [5.74, 6) is -1.44. The van der Waals surface area contributed by atoms with Gasteiger partial charge in [-0.3, -0.25) is 4.79 Å². The predicted molar refractivity (Wildman–Crippen MR) is 77.9 cm³/mol. The Morgan fingerprint density at radius 3 is 2.29 bits per heavy atom. The van der Waals surface area contributed by atoms with Crippen LogP contribution in [0.2, 0.25) is 0 Å². The van der Waals surface area contributed by atoms with Gasteiger partial charge in [0.05, 0.1) is 0 Å². The number of hydrogen-bond acceptors (Lipinski definition) is 3. The number of carbonyl (C=O) groups excluding carboxylic acids is 2. The third-order valence-electron chi connectivity index (χ3n) is 3.76. The highest BCUT2D eigenvalue weighted by atomic mass is 16.4. The zero-order valence-electron chi connectivity index (χ0n) is 12.7. The van der Waals surface area contributed by atoms with Crippen molar-refractivity contribution in [3.8, 4) is 0 Å². The monoisotopic (exact) mass is 299 g/mol. The quantitative estimate of drug-likeness (QED) is 0.562. The molecule has 7 heteroatoms. The van der Waals surface area contributed by atoms with Crippen LogP contribution in [0.15, 0.2) is 0 Å². The van der Waals surface area contributed by atoms with Gasteiger partial charge in [0.1, 0.15) is 11.6 Å². The van der Waals surface area contributed by atoms with Crippen molar-refractivity contribution >= 4 is 17.9 Å². The Balaban J connectivity index is 2.77. The van der Waals surface area contributed by atoms with Crippen LogP contribution < -0.4 is 16.0 Å². The van der Waals surface area contributed by atoms with Crippen molar-refractivity contribution in [1.82, 2.24) is 16.0 Å². The molecule has 21 heavy (non-hydrogen) atoms. The maximum absolute atomic E-state index is 12.5. The molecule has 0 aromatic rings. The molecule has 0 saturated heterocycles. The van der Waals surface area contributed by atoms with E-state index in [4.69, 9.17) is 5.11 Å². The maximum atomic E-state index is 12.5. The minimum Gasteiger partial charge on any atom is -0.480 e. The standard InChI is InChI=1S/C14H25N3O4/c1-3-7-10(11(18)19)16-12(20)14(8-5-6-9-14)17-13(21)15-4-2/h10H,3-9H2,1-2H3,(H,16,20)(H,18,19)(H2,15,17,21). The Kier molecular flexibility index (Phi) is 6.45. The number of carboxylic acid groups (broad SMARTS) is 1. The topological polar surface area (TPSA) is 108 Å². The summed E-state index contributed by atoms with van der Waals surface area (Å²) in [5.41, 5.74) is -0.985. The van der Waals surface area contributed by atoms with Gasteiger partial charge in [-0.25, -0.2) is 9.59 Å². The van der Waals surface area contributed by atoms with E-state index in [0.717, 1.165) is 12.8 Å². The largest absolute Gasteiger partial charge is 0.480 e. The number of amides is 3. The van der Waals surface area contributed by atoms with Crippen molar-refractivity contribution in [2.24, 2.45) is 0 Å². The molecular formula is C14H25N3O4. The first kappa shape index (κ1) is 17.3. The SMILES string of the molecule is CCCC(NC(=O)C1(NC(=O)NCC)CCCC1)C(=O)O. The van der Waals surface area contributed by atoms with E-state index in [9.17, 15) is 14.4 Å². The molecule has 0 aliphatic heterocycles. The van der Waals surface area contributed by atoms with Crippen molar-refractivity contribution in [2.45, 2.75) is 64.0 Å². The Labute approximate surface area is 124 Å². The van der Waals surface area contributed by atoms with Gasteiger partial charge >= 0.3 is 12.0 Å². The zero-order valence-corrected chi connectivity index (χ0v) is 12.7. The highest BCUT2D eigenvalue weighted by Gasteiger charge is 2.43. The lowest BCUT2D eigenvalue weighted by molar-refractivity contribution is -0.143. The minimum atomic E-state index is -1.05. The number of aliphatic carboxylic acids is 1. The summed E-state index contributed by atoms with van der Waals surface area (Å²) < 4.78 is 0. The molecule has 0 bridgehead atoms. The van der Waals surface area contributed by atoms with Gasteiger partial charge < -0.3 is 21.1 Å². The molecular weight excluding hydrogens is 274 g/mol. The van der Waals surface area contributed by atoms with Gasteiger partial charge in [-0.15, -0.1) is 0 Å². The molecule has 1 aliphatic carbocycles. The summed E-state index contributed by atoms with van der Waals surface area (Å²) in [7, 11) is 0. The molecule has 120 valence electrons. The number of carbonyl (C=O) groups is 3. The second kappa shape index (κ2) is 7.85. The van der Waals surface area contributed by atoms with E-state index in [1.165, 1.54) is 0 Å². The van der Waals surface area contributed by atoms with E-state index in [2.05, 4.69) is 16.0 Å². The predicted octanol–water partition coefficient (Wildman–Crippen LogP) is 0.988. The van der Waals surface area contributed by atoms with Crippen LogP contribution in [0.4, 0.5) is 4.79 Å². The number of nitrogens with one attached hydrogen (secondary N) is 3. The molecule has 0 aromatic heterocycles. The first-order valence-corrected chi connectivity index (χ1v) is 7.55. The highest BCUT2D eigenvalue weighted by molar-refractivity contribution is 5.93. The van der Waals surface area contributed by atoms with Gasteiger partial charge in [-0.1, -0.05) is 26.2 Å². The fraction of sp³-hybridized carbons (Fsp3) is 0.786. The van der Waals surface area contributed by atoms with Crippen LogP contribution in [0.25, 0.3) is 0 Å². The third kappa shape index (κ3) is 4.61. The third-order valence-corrected chi connectivity index (χ3v) is 3.76. The molecule has 4 N–H and O–H groups in total. The van der Waals surface area contributed by atoms with Crippen LogP contribution >= 0.6 is 0 Å². The van der Waals surface area contributed by atoms with Gasteiger partial charge in [0.25, 0.3) is 0 Å². The van der Waals surface area contributed by atoms with E-state index >= 15 is 0 Å². The molecule has 0 spiro atoms. The van der Waals surface area contributed by atoms with Crippen LogP contribution in [0, 0.1) is 0 Å². The van der Waals surface area contributed by atoms with Crippen LogP contribution in [-0.2, 0) is 9.59 Å². The molecule has 3 amide bonds. The Bertz CT molecular complexity index is 392. The molecule has 1 rings (SSSR count). The van der Waals surface area contributed by atoms with Crippen molar-refractivity contribution in [1.29, 1.82) is 0 Å². The summed E-state index contributed by atoms with van der Waals surface area (Å²) in [6.45, 7) is 4.13. The van der Waals surface area contributed by atoms with Gasteiger partial charge in [0.2, 0.25) is 5.91 Å². The summed E-state index contributed by atoms with van der Waals surface area (Å²) in [4.78, 5) is 35.4. The Morgan fingerprint density at radius 1 is 1.19 bits per heavy atom. The van der Waals surface area contributed by atoms with E-state index in [1.807, 2.05) is 6.92 Å². The van der Waals surface area contributed by atoms with Crippen LogP contribution in [0.1, 0.15) is 52.4 Å². The summed E-state index contributed by atoms with van der Waals surface area (Å²) >= 11 is 0. The smallest absolute Gasteiger partial charge is 0.326 e. The fourth-order valence-corrected chi connectivity index (χ4v) is 2.65. The van der Waals surface area contributed by atoms with Crippen molar-refractivity contribution < 1.29 is 19.5 Å². The lowest BCUT2D eigenvalue weighted by Crippen LogP contribution is -2.61. The van der Waals surface area contributed by atoms with Crippen molar-refractivity contribution in [2.75, 3.05) is 6.54 Å². The Hall–Kier alpha value is -1.79.